The van der Waals surface area contributed by atoms with Crippen LogP contribution >= 0.6 is 0 Å². The number of ether oxygens (including phenoxy) is 1. The van der Waals surface area contributed by atoms with E-state index in [2.05, 4.69) is 10.1 Å². The van der Waals surface area contributed by atoms with Crippen molar-refractivity contribution in [2.24, 2.45) is 0 Å². The van der Waals surface area contributed by atoms with Gasteiger partial charge >= 0.3 is 12.4 Å². The highest BCUT2D eigenvalue weighted by Gasteiger charge is 2.50. The summed E-state index contributed by atoms with van der Waals surface area (Å²) in [4.78, 5) is 27.1. The molecule has 3 aliphatic heterocycles. The third kappa shape index (κ3) is 4.43. The Bertz CT molecular complexity index is 984. The van der Waals surface area contributed by atoms with Crippen molar-refractivity contribution in [3.8, 4) is 5.75 Å². The summed E-state index contributed by atoms with van der Waals surface area (Å²) in [6.07, 6.45) is -3.37. The first kappa shape index (κ1) is 21.7. The second-order valence-electron chi connectivity index (χ2n) is 8.22. The molecule has 4 rings (SSSR count). The molecule has 0 aromatic heterocycles. The largest absolute Gasteiger partial charge is 0.573 e. The monoisotopic (exact) mass is 461 g/mol. The average Bonchev–Trinajstić information content (AvgIpc) is 3.07. The summed E-state index contributed by atoms with van der Waals surface area (Å²) in [5, 5.41) is 2.11. The highest BCUT2D eigenvalue weighted by Crippen LogP contribution is 2.33. The summed E-state index contributed by atoms with van der Waals surface area (Å²) >= 11 is 0. The molecular weight excluding hydrogens is 439 g/mol. The van der Waals surface area contributed by atoms with E-state index in [1.165, 1.54) is 12.1 Å². The maximum absolute atomic E-state index is 12.9. The summed E-state index contributed by atoms with van der Waals surface area (Å²) < 4.78 is 66.9. The zero-order valence-corrected chi connectivity index (χ0v) is 17.3. The maximum atomic E-state index is 12.9. The molecule has 0 atom stereocenters. The van der Waals surface area contributed by atoms with Gasteiger partial charge in [-0.25, -0.2) is 13.2 Å². The number of nitrogens with one attached hydrogen (secondary N) is 1. The van der Waals surface area contributed by atoms with Gasteiger partial charge in [0.05, 0.1) is 15.7 Å². The summed E-state index contributed by atoms with van der Waals surface area (Å²) in [5.74, 6) is -0.602. The van der Waals surface area contributed by atoms with Gasteiger partial charge in [0.2, 0.25) is 5.91 Å². The van der Waals surface area contributed by atoms with Crippen LogP contribution < -0.4 is 10.1 Å². The number of benzene rings is 1. The molecular formula is C19H22F3N3O5S. The predicted molar refractivity (Wildman–Crippen MR) is 102 cm³/mol. The van der Waals surface area contributed by atoms with Crippen LogP contribution in [0, 0.1) is 0 Å². The molecule has 1 aromatic carbocycles. The van der Waals surface area contributed by atoms with Crippen LogP contribution in [0.15, 0.2) is 29.2 Å². The normalized spacial score (nSPS) is 21.7. The first-order valence-electron chi connectivity index (χ1n) is 9.92. The van der Waals surface area contributed by atoms with Crippen LogP contribution in [0.25, 0.3) is 0 Å². The van der Waals surface area contributed by atoms with E-state index >= 15 is 0 Å². The molecule has 1 aromatic rings. The Hall–Kier alpha value is -2.50. The molecule has 3 aliphatic rings. The van der Waals surface area contributed by atoms with E-state index in [0.717, 1.165) is 12.1 Å². The minimum absolute atomic E-state index is 0.0113. The van der Waals surface area contributed by atoms with Gasteiger partial charge in [0.15, 0.2) is 9.84 Å². The SMILES string of the molecule is O=C1CCC2(CN(C(=O)N3CCC(S(=O)(=O)c4cccc(OC(F)(F)F)c4)CC3)C2)N1. The van der Waals surface area contributed by atoms with Crippen molar-refractivity contribution in [3.05, 3.63) is 24.3 Å². The van der Waals surface area contributed by atoms with Crippen LogP contribution in [0.2, 0.25) is 0 Å². The first-order chi connectivity index (χ1) is 14.5. The lowest BCUT2D eigenvalue weighted by molar-refractivity contribution is -0.274. The molecule has 12 heteroatoms. The third-order valence-corrected chi connectivity index (χ3v) is 8.27. The number of nitrogens with zero attached hydrogens (tertiary/aromatic N) is 2. The summed E-state index contributed by atoms with van der Waals surface area (Å²) in [6, 6.07) is 4.17. The lowest BCUT2D eigenvalue weighted by Gasteiger charge is -2.49. The smallest absolute Gasteiger partial charge is 0.406 e. The van der Waals surface area contributed by atoms with Crippen molar-refractivity contribution in [2.45, 2.75) is 47.7 Å². The van der Waals surface area contributed by atoms with Gasteiger partial charge in [-0.2, -0.15) is 0 Å². The zero-order valence-electron chi connectivity index (χ0n) is 16.5. The topological polar surface area (TPSA) is 96.0 Å². The molecule has 170 valence electrons. The van der Waals surface area contributed by atoms with Gasteiger partial charge < -0.3 is 19.9 Å². The van der Waals surface area contributed by atoms with Crippen molar-refractivity contribution < 1.29 is 35.9 Å². The standard InChI is InChI=1S/C19H22F3N3O5S/c20-19(21,22)30-13-2-1-3-15(10-13)31(28,29)14-5-8-24(9-6-14)17(27)25-11-18(12-25)7-4-16(26)23-18/h1-3,10,14H,4-9,11-12H2,(H,23,26). The van der Waals surface area contributed by atoms with Crippen molar-refractivity contribution in [1.82, 2.24) is 15.1 Å². The molecule has 3 amide bonds. The first-order valence-corrected chi connectivity index (χ1v) is 11.5. The van der Waals surface area contributed by atoms with Gasteiger partial charge in [0.1, 0.15) is 5.75 Å². The lowest BCUT2D eigenvalue weighted by Crippen LogP contribution is -2.70. The van der Waals surface area contributed by atoms with E-state index < -0.39 is 27.2 Å². The molecule has 8 nitrogen and oxygen atoms in total. The summed E-state index contributed by atoms with van der Waals surface area (Å²) in [7, 11) is -3.87. The van der Waals surface area contributed by atoms with Crippen LogP contribution in [0.5, 0.6) is 5.75 Å². The van der Waals surface area contributed by atoms with E-state index in [4.69, 9.17) is 0 Å². The Kier molecular flexibility index (Phi) is 5.31. The van der Waals surface area contributed by atoms with Crippen LogP contribution in [0.3, 0.4) is 0 Å². The number of sulfone groups is 1. The van der Waals surface area contributed by atoms with Crippen molar-refractivity contribution >= 4 is 21.8 Å². The summed E-state index contributed by atoms with van der Waals surface area (Å²) in [6.45, 7) is 1.36. The molecule has 0 radical (unpaired) electrons. The molecule has 1 N–H and O–H groups in total. The van der Waals surface area contributed by atoms with Gasteiger partial charge in [-0.3, -0.25) is 4.79 Å². The quantitative estimate of drug-likeness (QED) is 0.742. The number of amides is 3. The van der Waals surface area contributed by atoms with Crippen LogP contribution in [0.1, 0.15) is 25.7 Å². The van der Waals surface area contributed by atoms with E-state index in [1.807, 2.05) is 0 Å². The number of carbonyl (C=O) groups excluding carboxylic acids is 2. The Morgan fingerprint density at radius 3 is 2.42 bits per heavy atom. The lowest BCUT2D eigenvalue weighted by atomic mass is 9.88. The predicted octanol–water partition coefficient (Wildman–Crippen LogP) is 1.91. The van der Waals surface area contributed by atoms with Gasteiger partial charge in [0.25, 0.3) is 0 Å². The highest BCUT2D eigenvalue weighted by molar-refractivity contribution is 7.92. The number of alkyl halides is 3. The number of hydrogen-bond acceptors (Lipinski definition) is 5. The second kappa shape index (κ2) is 7.57. The molecule has 0 aliphatic carbocycles. The summed E-state index contributed by atoms with van der Waals surface area (Å²) in [5.41, 5.74) is -0.322. The van der Waals surface area contributed by atoms with Gasteiger partial charge in [-0.1, -0.05) is 6.07 Å². The molecule has 0 saturated carbocycles. The van der Waals surface area contributed by atoms with Crippen molar-refractivity contribution in [3.63, 3.8) is 0 Å². The number of hydrogen-bond donors (Lipinski definition) is 1. The third-order valence-electron chi connectivity index (χ3n) is 6.01. The average molecular weight is 461 g/mol. The number of likely N-dealkylation sites (tertiary alicyclic amines) is 2. The Morgan fingerprint density at radius 2 is 1.84 bits per heavy atom. The Morgan fingerprint density at radius 1 is 1.16 bits per heavy atom. The number of urea groups is 1. The van der Waals surface area contributed by atoms with Crippen molar-refractivity contribution in [2.75, 3.05) is 26.2 Å². The van der Waals surface area contributed by atoms with E-state index in [-0.39, 0.29) is 48.3 Å². The van der Waals surface area contributed by atoms with E-state index in [9.17, 15) is 31.2 Å². The fraction of sp³-hybridized carbons (Fsp3) is 0.579. The van der Waals surface area contributed by atoms with Gasteiger partial charge in [-0.05, 0) is 37.5 Å². The van der Waals surface area contributed by atoms with E-state index in [1.54, 1.807) is 9.80 Å². The van der Waals surface area contributed by atoms with Crippen LogP contribution in [0.4, 0.5) is 18.0 Å². The minimum Gasteiger partial charge on any atom is -0.406 e. The Balaban J connectivity index is 1.35. The number of halogens is 3. The fourth-order valence-corrected chi connectivity index (χ4v) is 6.19. The minimum atomic E-state index is -4.91. The van der Waals surface area contributed by atoms with Gasteiger partial charge in [-0.15, -0.1) is 13.2 Å². The van der Waals surface area contributed by atoms with Crippen LogP contribution in [-0.2, 0) is 14.6 Å². The number of carbonyl (C=O) groups is 2. The molecule has 0 bridgehead atoms. The highest BCUT2D eigenvalue weighted by atomic mass is 32.2. The van der Waals surface area contributed by atoms with Gasteiger partial charge in [0, 0.05) is 32.6 Å². The molecule has 1 spiro atoms. The molecule has 0 unspecified atom stereocenters. The maximum Gasteiger partial charge on any atom is 0.573 e. The molecule has 3 fully saturated rings. The zero-order chi connectivity index (χ0) is 22.4. The Labute approximate surface area is 177 Å². The second-order valence-corrected chi connectivity index (χ2v) is 10.4. The van der Waals surface area contributed by atoms with E-state index in [0.29, 0.717) is 25.9 Å². The molecule has 3 saturated heterocycles. The van der Waals surface area contributed by atoms with Crippen molar-refractivity contribution in [1.29, 1.82) is 0 Å². The fourth-order valence-electron chi connectivity index (χ4n) is 4.43. The van der Waals surface area contributed by atoms with Crippen LogP contribution in [-0.4, -0.2) is 73.5 Å². The molecule has 31 heavy (non-hydrogen) atoms. The molecule has 3 heterocycles. The number of rotatable bonds is 3. The number of piperidine rings is 1.